The zero-order valence-corrected chi connectivity index (χ0v) is 18.9. The highest BCUT2D eigenvalue weighted by atomic mass is 16.2. The van der Waals surface area contributed by atoms with Crippen LogP contribution in [-0.4, -0.2) is 24.3 Å². The summed E-state index contributed by atoms with van der Waals surface area (Å²) in [5.41, 5.74) is 6.30. The lowest BCUT2D eigenvalue weighted by Gasteiger charge is -2.34. The third-order valence-electron chi connectivity index (χ3n) is 7.66. The van der Waals surface area contributed by atoms with Crippen molar-refractivity contribution in [1.82, 2.24) is 5.32 Å². The number of rotatable bonds is 7. The van der Waals surface area contributed by atoms with Gasteiger partial charge in [0.15, 0.2) is 5.78 Å². The predicted octanol–water partition coefficient (Wildman–Crippen LogP) is 5.42. The molecule has 0 bridgehead atoms. The molecular weight excluding hydrogens is 396 g/mol. The number of Topliss-reactive ketones (excluding diaryl/α,β-unsaturated/α-hetero) is 1. The van der Waals surface area contributed by atoms with E-state index in [2.05, 4.69) is 47.0 Å². The summed E-state index contributed by atoms with van der Waals surface area (Å²) in [6.45, 7) is 2.56. The van der Waals surface area contributed by atoms with Crippen LogP contribution >= 0.6 is 0 Å². The van der Waals surface area contributed by atoms with E-state index in [1.807, 2.05) is 12.1 Å². The molecule has 2 N–H and O–H groups in total. The average molecular weight is 429 g/mol. The first-order valence-electron chi connectivity index (χ1n) is 12.0. The number of nitrogens with one attached hydrogen (secondary N) is 2. The number of unbranched alkanes of at least 4 members (excludes halogenated alkanes) is 1. The molecule has 0 fully saturated rings. The van der Waals surface area contributed by atoms with Crippen LogP contribution in [0.4, 0.5) is 5.69 Å². The molecule has 2 aromatic carbocycles. The molecule has 5 rings (SSSR count). The highest BCUT2D eigenvalue weighted by Gasteiger charge is 2.49. The predicted molar refractivity (Wildman–Crippen MR) is 129 cm³/mol. The third-order valence-corrected chi connectivity index (χ3v) is 7.66. The van der Waals surface area contributed by atoms with Crippen LogP contribution in [0.3, 0.4) is 0 Å². The molecule has 1 amide bonds. The van der Waals surface area contributed by atoms with Gasteiger partial charge in [0.2, 0.25) is 5.91 Å². The molecule has 2 heterocycles. The Morgan fingerprint density at radius 2 is 1.97 bits per heavy atom. The molecule has 2 atom stereocenters. The maximum absolute atomic E-state index is 13.1. The number of carbonyl (C=O) groups is 2. The Kier molecular flexibility index (Phi) is 5.73. The number of hydrogen-bond donors (Lipinski definition) is 2. The summed E-state index contributed by atoms with van der Waals surface area (Å²) in [4.78, 5) is 25.3. The average Bonchev–Trinajstić information content (AvgIpc) is 3.10. The first kappa shape index (κ1) is 21.1. The monoisotopic (exact) mass is 428 g/mol. The van der Waals surface area contributed by atoms with Crippen molar-refractivity contribution in [3.8, 4) is 0 Å². The van der Waals surface area contributed by atoms with Gasteiger partial charge in [0.1, 0.15) is 0 Å². The molecule has 1 aliphatic carbocycles. The van der Waals surface area contributed by atoms with Crippen LogP contribution in [0.1, 0.15) is 78.9 Å². The second kappa shape index (κ2) is 8.67. The summed E-state index contributed by atoms with van der Waals surface area (Å²) < 4.78 is 0. The fourth-order valence-corrected chi connectivity index (χ4v) is 6.09. The van der Waals surface area contributed by atoms with Crippen molar-refractivity contribution < 1.29 is 9.59 Å². The molecule has 32 heavy (non-hydrogen) atoms. The Balaban J connectivity index is 1.25. The van der Waals surface area contributed by atoms with E-state index in [0.29, 0.717) is 6.04 Å². The largest absolute Gasteiger partial charge is 0.325 e. The van der Waals surface area contributed by atoms with Crippen LogP contribution in [0, 0.1) is 0 Å². The van der Waals surface area contributed by atoms with Gasteiger partial charge in [-0.05, 0) is 79.8 Å². The quantitative estimate of drug-likeness (QED) is 0.457. The van der Waals surface area contributed by atoms with E-state index in [4.69, 9.17) is 0 Å². The summed E-state index contributed by atoms with van der Waals surface area (Å²) in [5, 5.41) is 6.77. The number of anilines is 1. The summed E-state index contributed by atoms with van der Waals surface area (Å²) in [6.07, 6.45) is 10.2. The fraction of sp³-hybridized carbons (Fsp3) is 0.429. The van der Waals surface area contributed by atoms with E-state index in [-0.39, 0.29) is 11.7 Å². The summed E-state index contributed by atoms with van der Waals surface area (Å²) >= 11 is 0. The SMILES string of the molecule is CC(=O)c1ccc2c3c1CCCC3(CCCCC1CC(c3ccccc3)=CCN1)C(=O)N2. The van der Waals surface area contributed by atoms with Crippen molar-refractivity contribution in [2.24, 2.45) is 0 Å². The molecule has 166 valence electrons. The van der Waals surface area contributed by atoms with Gasteiger partial charge in [0.05, 0.1) is 5.41 Å². The van der Waals surface area contributed by atoms with Gasteiger partial charge in [-0.25, -0.2) is 0 Å². The summed E-state index contributed by atoms with van der Waals surface area (Å²) in [7, 11) is 0. The first-order valence-corrected chi connectivity index (χ1v) is 12.0. The van der Waals surface area contributed by atoms with E-state index in [0.717, 1.165) is 80.3 Å². The van der Waals surface area contributed by atoms with E-state index < -0.39 is 5.41 Å². The normalized spacial score (nSPS) is 24.0. The molecule has 0 saturated heterocycles. The maximum atomic E-state index is 13.1. The zero-order valence-electron chi connectivity index (χ0n) is 18.9. The second-order valence-electron chi connectivity index (χ2n) is 9.61. The van der Waals surface area contributed by atoms with Gasteiger partial charge in [-0.1, -0.05) is 49.2 Å². The minimum absolute atomic E-state index is 0.101. The smallest absolute Gasteiger partial charge is 0.235 e. The molecule has 0 spiro atoms. The van der Waals surface area contributed by atoms with Crippen molar-refractivity contribution in [2.45, 2.75) is 69.7 Å². The molecule has 0 aromatic heterocycles. The van der Waals surface area contributed by atoms with Gasteiger partial charge in [0, 0.05) is 23.8 Å². The lowest BCUT2D eigenvalue weighted by Crippen LogP contribution is -2.38. The molecule has 2 aliphatic heterocycles. The van der Waals surface area contributed by atoms with Crippen molar-refractivity contribution in [1.29, 1.82) is 0 Å². The van der Waals surface area contributed by atoms with Crippen LogP contribution in [0.2, 0.25) is 0 Å². The van der Waals surface area contributed by atoms with E-state index in [1.54, 1.807) is 6.92 Å². The number of hydrogen-bond acceptors (Lipinski definition) is 3. The highest BCUT2D eigenvalue weighted by molar-refractivity contribution is 6.09. The van der Waals surface area contributed by atoms with Crippen LogP contribution in [0.5, 0.6) is 0 Å². The minimum atomic E-state index is -0.441. The fourth-order valence-electron chi connectivity index (χ4n) is 6.09. The van der Waals surface area contributed by atoms with Crippen LogP contribution in [0.15, 0.2) is 48.5 Å². The lowest BCUT2D eigenvalue weighted by molar-refractivity contribution is -0.121. The minimum Gasteiger partial charge on any atom is -0.325 e. The number of benzene rings is 2. The Labute approximate surface area is 190 Å². The standard InChI is InChI=1S/C28H32N2O2/c1-19(31)23-12-13-25-26-24(23)11-7-16-28(26,27(32)30-25)15-6-5-10-22-18-21(14-17-29-22)20-8-3-2-4-9-20/h2-4,8-9,12-14,22,29H,5-7,10-11,15-18H2,1H3,(H,30,32). The molecular formula is C28H32N2O2. The molecule has 0 radical (unpaired) electrons. The Bertz CT molecular complexity index is 1070. The van der Waals surface area contributed by atoms with Gasteiger partial charge >= 0.3 is 0 Å². The van der Waals surface area contributed by atoms with Crippen molar-refractivity contribution in [2.75, 3.05) is 11.9 Å². The number of ketones is 1. The number of carbonyl (C=O) groups excluding carboxylic acids is 2. The number of amides is 1. The van der Waals surface area contributed by atoms with E-state index >= 15 is 0 Å². The van der Waals surface area contributed by atoms with E-state index in [9.17, 15) is 9.59 Å². The molecule has 3 aliphatic rings. The van der Waals surface area contributed by atoms with Crippen molar-refractivity contribution in [3.05, 3.63) is 70.8 Å². The molecule has 0 saturated carbocycles. The third kappa shape index (κ3) is 3.71. The summed E-state index contributed by atoms with van der Waals surface area (Å²) in [5.74, 6) is 0.239. The maximum Gasteiger partial charge on any atom is 0.235 e. The van der Waals surface area contributed by atoms with Gasteiger partial charge in [-0.15, -0.1) is 0 Å². The Morgan fingerprint density at radius 1 is 1.12 bits per heavy atom. The van der Waals surface area contributed by atoms with Gasteiger partial charge in [-0.3, -0.25) is 9.59 Å². The zero-order chi connectivity index (χ0) is 22.1. The van der Waals surface area contributed by atoms with Crippen molar-refractivity contribution >= 4 is 23.0 Å². The van der Waals surface area contributed by atoms with Gasteiger partial charge in [0.25, 0.3) is 0 Å². The van der Waals surface area contributed by atoms with Crippen LogP contribution in [0.25, 0.3) is 5.57 Å². The van der Waals surface area contributed by atoms with Gasteiger partial charge < -0.3 is 10.6 Å². The molecule has 4 heteroatoms. The first-order chi connectivity index (χ1) is 15.6. The molecule has 2 unspecified atom stereocenters. The van der Waals surface area contributed by atoms with Gasteiger partial charge in [-0.2, -0.15) is 0 Å². The van der Waals surface area contributed by atoms with Crippen LogP contribution < -0.4 is 10.6 Å². The van der Waals surface area contributed by atoms with Crippen LogP contribution in [-0.2, 0) is 16.6 Å². The second-order valence-corrected chi connectivity index (χ2v) is 9.61. The molecule has 2 aromatic rings. The topological polar surface area (TPSA) is 58.2 Å². The highest BCUT2D eigenvalue weighted by Crippen LogP contribution is 2.50. The van der Waals surface area contributed by atoms with E-state index in [1.165, 1.54) is 11.1 Å². The molecule has 4 nitrogen and oxygen atoms in total. The van der Waals surface area contributed by atoms with Crippen molar-refractivity contribution in [3.63, 3.8) is 0 Å². The summed E-state index contributed by atoms with van der Waals surface area (Å²) in [6, 6.07) is 15.0. The Morgan fingerprint density at radius 3 is 2.78 bits per heavy atom. The Hall–Kier alpha value is -2.72. The lowest BCUT2D eigenvalue weighted by atomic mass is 9.67.